The molecule has 0 amide bonds. The molecule has 2 rings (SSSR count). The van der Waals surface area contributed by atoms with E-state index in [0.29, 0.717) is 6.61 Å². The molecule has 2 fully saturated rings. The zero-order valence-electron chi connectivity index (χ0n) is 9.56. The Morgan fingerprint density at radius 2 is 2.06 bits per heavy atom. The van der Waals surface area contributed by atoms with Gasteiger partial charge in [-0.3, -0.25) is 4.79 Å². The molecule has 16 heavy (non-hydrogen) atoms. The van der Waals surface area contributed by atoms with E-state index in [-0.39, 0.29) is 18.1 Å². The summed E-state index contributed by atoms with van der Waals surface area (Å²) in [5.41, 5.74) is 0. The number of hydrogen-bond donors (Lipinski definition) is 1. The Hall–Kier alpha value is -0.610. The molecule has 0 aromatic carbocycles. The van der Waals surface area contributed by atoms with Crippen molar-refractivity contribution in [3.8, 4) is 0 Å². The molecule has 3 atom stereocenters. The first kappa shape index (κ1) is 11.9. The van der Waals surface area contributed by atoms with E-state index in [1.807, 2.05) is 0 Å². The van der Waals surface area contributed by atoms with Gasteiger partial charge in [-0.1, -0.05) is 12.8 Å². The Balaban J connectivity index is 1.78. The Bertz CT molecular complexity index is 235. The first-order chi connectivity index (χ1) is 7.77. The Labute approximate surface area is 95.9 Å². The van der Waals surface area contributed by atoms with Crippen molar-refractivity contribution in [3.05, 3.63) is 0 Å². The molecule has 0 aromatic rings. The van der Waals surface area contributed by atoms with Gasteiger partial charge in [-0.2, -0.15) is 0 Å². The lowest BCUT2D eigenvalue weighted by Gasteiger charge is -2.29. The Morgan fingerprint density at radius 3 is 2.75 bits per heavy atom. The van der Waals surface area contributed by atoms with Gasteiger partial charge in [0.05, 0.1) is 24.7 Å². The van der Waals surface area contributed by atoms with Gasteiger partial charge in [-0.25, -0.2) is 0 Å². The SMILES string of the molecule is O=C(O)C1CCCCC1OCC1CCCO1. The van der Waals surface area contributed by atoms with Crippen molar-refractivity contribution in [2.24, 2.45) is 5.92 Å². The van der Waals surface area contributed by atoms with E-state index in [1.54, 1.807) is 0 Å². The van der Waals surface area contributed by atoms with Crippen LogP contribution in [0.5, 0.6) is 0 Å². The fourth-order valence-corrected chi connectivity index (χ4v) is 2.59. The minimum absolute atomic E-state index is 0.101. The molecule has 1 aliphatic carbocycles. The van der Waals surface area contributed by atoms with Crippen LogP contribution in [0.15, 0.2) is 0 Å². The van der Waals surface area contributed by atoms with Gasteiger partial charge in [0, 0.05) is 6.61 Å². The smallest absolute Gasteiger partial charge is 0.309 e. The van der Waals surface area contributed by atoms with Crippen molar-refractivity contribution in [1.82, 2.24) is 0 Å². The van der Waals surface area contributed by atoms with Crippen LogP contribution >= 0.6 is 0 Å². The molecule has 1 N–H and O–H groups in total. The van der Waals surface area contributed by atoms with E-state index in [9.17, 15) is 4.79 Å². The van der Waals surface area contributed by atoms with Crippen molar-refractivity contribution < 1.29 is 19.4 Å². The number of hydrogen-bond acceptors (Lipinski definition) is 3. The zero-order chi connectivity index (χ0) is 11.4. The number of carbonyl (C=O) groups is 1. The highest BCUT2D eigenvalue weighted by Crippen LogP contribution is 2.27. The fourth-order valence-electron chi connectivity index (χ4n) is 2.59. The van der Waals surface area contributed by atoms with Gasteiger partial charge in [-0.05, 0) is 25.7 Å². The molecule has 1 aliphatic heterocycles. The highest BCUT2D eigenvalue weighted by molar-refractivity contribution is 5.70. The van der Waals surface area contributed by atoms with Gasteiger partial charge in [0.1, 0.15) is 0 Å². The van der Waals surface area contributed by atoms with E-state index < -0.39 is 5.97 Å². The van der Waals surface area contributed by atoms with E-state index >= 15 is 0 Å². The standard InChI is InChI=1S/C12H20O4/c13-12(14)10-5-1-2-6-11(10)16-8-9-4-3-7-15-9/h9-11H,1-8H2,(H,13,14). The predicted molar refractivity (Wildman–Crippen MR) is 58.3 cm³/mol. The minimum Gasteiger partial charge on any atom is -0.481 e. The molecule has 0 bridgehead atoms. The van der Waals surface area contributed by atoms with Crippen molar-refractivity contribution >= 4 is 5.97 Å². The lowest BCUT2D eigenvalue weighted by molar-refractivity contribution is -0.151. The van der Waals surface area contributed by atoms with Crippen molar-refractivity contribution in [1.29, 1.82) is 0 Å². The van der Waals surface area contributed by atoms with Crippen LogP contribution < -0.4 is 0 Å². The molecule has 92 valence electrons. The average molecular weight is 228 g/mol. The van der Waals surface area contributed by atoms with Crippen LogP contribution in [0.1, 0.15) is 38.5 Å². The lowest BCUT2D eigenvalue weighted by Crippen LogP contribution is -2.35. The first-order valence-corrected chi connectivity index (χ1v) is 6.23. The normalized spacial score (nSPS) is 35.1. The molecule has 1 saturated heterocycles. The van der Waals surface area contributed by atoms with E-state index in [4.69, 9.17) is 14.6 Å². The van der Waals surface area contributed by atoms with Crippen LogP contribution in [0.4, 0.5) is 0 Å². The molecule has 3 unspecified atom stereocenters. The minimum atomic E-state index is -0.711. The van der Waals surface area contributed by atoms with Gasteiger partial charge in [0.25, 0.3) is 0 Å². The van der Waals surface area contributed by atoms with Crippen molar-refractivity contribution in [3.63, 3.8) is 0 Å². The van der Waals surface area contributed by atoms with Gasteiger partial charge in [0.15, 0.2) is 0 Å². The fraction of sp³-hybridized carbons (Fsp3) is 0.917. The highest BCUT2D eigenvalue weighted by atomic mass is 16.5. The summed E-state index contributed by atoms with van der Waals surface area (Å²) in [4.78, 5) is 11.0. The van der Waals surface area contributed by atoms with Crippen LogP contribution in [0.2, 0.25) is 0 Å². The molecule has 0 aromatic heterocycles. The number of rotatable bonds is 4. The van der Waals surface area contributed by atoms with Gasteiger partial charge >= 0.3 is 5.97 Å². The molecule has 4 heteroatoms. The molecule has 4 nitrogen and oxygen atoms in total. The molecule has 1 saturated carbocycles. The zero-order valence-corrected chi connectivity index (χ0v) is 9.56. The third kappa shape index (κ3) is 2.95. The Kier molecular flexibility index (Phi) is 4.18. The highest BCUT2D eigenvalue weighted by Gasteiger charge is 2.32. The monoisotopic (exact) mass is 228 g/mol. The molecule has 0 radical (unpaired) electrons. The van der Waals surface area contributed by atoms with Crippen LogP contribution in [0, 0.1) is 5.92 Å². The summed E-state index contributed by atoms with van der Waals surface area (Å²) in [6.07, 6.45) is 5.96. The average Bonchev–Trinajstić information content (AvgIpc) is 2.79. The maximum atomic E-state index is 11.0. The topological polar surface area (TPSA) is 55.8 Å². The summed E-state index contributed by atoms with van der Waals surface area (Å²) >= 11 is 0. The second-order valence-electron chi connectivity index (χ2n) is 4.74. The largest absolute Gasteiger partial charge is 0.481 e. The molecule has 0 spiro atoms. The summed E-state index contributed by atoms with van der Waals surface area (Å²) in [5, 5.41) is 9.09. The number of aliphatic carboxylic acids is 1. The van der Waals surface area contributed by atoms with Gasteiger partial charge < -0.3 is 14.6 Å². The van der Waals surface area contributed by atoms with Crippen LogP contribution in [0.3, 0.4) is 0 Å². The van der Waals surface area contributed by atoms with Gasteiger partial charge in [0.2, 0.25) is 0 Å². The third-order valence-electron chi connectivity index (χ3n) is 3.54. The summed E-state index contributed by atoms with van der Waals surface area (Å²) in [5.74, 6) is -1.02. The summed E-state index contributed by atoms with van der Waals surface area (Å²) in [7, 11) is 0. The Morgan fingerprint density at radius 1 is 1.25 bits per heavy atom. The number of ether oxygens (including phenoxy) is 2. The summed E-state index contributed by atoms with van der Waals surface area (Å²) in [6.45, 7) is 1.38. The molecular formula is C12H20O4. The summed E-state index contributed by atoms with van der Waals surface area (Å²) < 4.78 is 11.2. The predicted octanol–water partition coefficient (Wildman–Crippen LogP) is 1.83. The first-order valence-electron chi connectivity index (χ1n) is 6.23. The van der Waals surface area contributed by atoms with E-state index in [0.717, 1.165) is 45.1 Å². The van der Waals surface area contributed by atoms with E-state index in [1.165, 1.54) is 0 Å². The van der Waals surface area contributed by atoms with E-state index in [2.05, 4.69) is 0 Å². The third-order valence-corrected chi connectivity index (χ3v) is 3.54. The van der Waals surface area contributed by atoms with Crippen molar-refractivity contribution in [2.45, 2.75) is 50.7 Å². The second-order valence-corrected chi connectivity index (χ2v) is 4.74. The second kappa shape index (κ2) is 5.64. The maximum absolute atomic E-state index is 11.0. The molecule has 2 aliphatic rings. The number of carboxylic acid groups (broad SMARTS) is 1. The van der Waals surface area contributed by atoms with Gasteiger partial charge in [-0.15, -0.1) is 0 Å². The quantitative estimate of drug-likeness (QED) is 0.797. The number of carboxylic acids is 1. The van der Waals surface area contributed by atoms with Crippen LogP contribution in [-0.4, -0.2) is 36.5 Å². The molecule has 1 heterocycles. The van der Waals surface area contributed by atoms with Crippen LogP contribution in [0.25, 0.3) is 0 Å². The van der Waals surface area contributed by atoms with Crippen molar-refractivity contribution in [2.75, 3.05) is 13.2 Å². The lowest BCUT2D eigenvalue weighted by atomic mass is 9.86. The maximum Gasteiger partial charge on any atom is 0.309 e. The molecular weight excluding hydrogens is 208 g/mol. The van der Waals surface area contributed by atoms with Crippen LogP contribution in [-0.2, 0) is 14.3 Å². The summed E-state index contributed by atoms with van der Waals surface area (Å²) in [6, 6.07) is 0.